The van der Waals surface area contributed by atoms with Crippen LogP contribution in [-0.4, -0.2) is 154 Å². The molecule has 60 heavy (non-hydrogen) atoms. The number of nitrogens with zero attached hydrogens (tertiary/aromatic N) is 6. The third-order valence-corrected chi connectivity index (χ3v) is 12.7. The maximum Gasteiger partial charge on any atom is 0.157 e. The molecule has 3 fully saturated rings. The number of aliphatic hydroxyl groups is 1. The molecule has 3 saturated heterocycles. The molecule has 0 aromatic heterocycles. The molecule has 11 nitrogen and oxygen atoms in total. The van der Waals surface area contributed by atoms with Crippen molar-refractivity contribution in [2.75, 3.05) is 112 Å². The summed E-state index contributed by atoms with van der Waals surface area (Å²) in [6.07, 6.45) is 2.61. The van der Waals surface area contributed by atoms with E-state index in [9.17, 15) is 0 Å². The van der Waals surface area contributed by atoms with Crippen molar-refractivity contribution in [1.29, 1.82) is 0 Å². The molecule has 0 bridgehead atoms. The molecule has 4 aromatic carbocycles. The number of fused-ring (bicyclic) bond motifs is 4. The number of piperazine rings is 2. The minimum atomic E-state index is -2.53. The molecule has 0 radical (unpaired) electrons. The summed E-state index contributed by atoms with van der Waals surface area (Å²) in [5.74, 6) is 1.72. The number of benzene rings is 4. The molecule has 0 spiro atoms. The summed E-state index contributed by atoms with van der Waals surface area (Å²) < 4.78 is 88.0. The lowest BCUT2D eigenvalue weighted by Crippen LogP contribution is -2.49. The summed E-state index contributed by atoms with van der Waals surface area (Å²) >= 11 is 3.39. The van der Waals surface area contributed by atoms with E-state index in [1.807, 2.05) is 60.7 Å². The molecule has 4 aromatic rings. The fourth-order valence-corrected chi connectivity index (χ4v) is 9.32. The van der Waals surface area contributed by atoms with Crippen LogP contribution in [0, 0.1) is 0 Å². The Labute approximate surface area is 375 Å². The van der Waals surface area contributed by atoms with Crippen LogP contribution in [0.1, 0.15) is 41.4 Å². The van der Waals surface area contributed by atoms with Crippen molar-refractivity contribution in [2.45, 2.75) is 45.1 Å². The minimum absolute atomic E-state index is 0.0446. The van der Waals surface area contributed by atoms with E-state index in [1.165, 1.54) is 9.80 Å². The van der Waals surface area contributed by atoms with Crippen molar-refractivity contribution >= 4 is 46.6 Å². The molecule has 5 aliphatic heterocycles. The van der Waals surface area contributed by atoms with Gasteiger partial charge in [-0.3, -0.25) is 9.80 Å². The Morgan fingerprint density at radius 1 is 0.600 bits per heavy atom. The summed E-state index contributed by atoms with van der Waals surface area (Å²) in [5, 5.41) is 8.91. The van der Waals surface area contributed by atoms with Gasteiger partial charge in [0.15, 0.2) is 6.29 Å². The van der Waals surface area contributed by atoms with Crippen molar-refractivity contribution < 1.29 is 35.0 Å². The summed E-state index contributed by atoms with van der Waals surface area (Å²) in [7, 11) is 0. The lowest BCUT2D eigenvalue weighted by molar-refractivity contribution is -0.169. The minimum Gasteiger partial charge on any atom is -0.394 e. The fourth-order valence-electron chi connectivity index (χ4n) is 7.29. The van der Waals surface area contributed by atoms with Crippen molar-refractivity contribution in [3.8, 4) is 0 Å². The molecule has 1 unspecified atom stereocenters. The Morgan fingerprint density at radius 3 is 1.58 bits per heavy atom. The molecule has 1 atom stereocenters. The highest BCUT2D eigenvalue weighted by atomic mass is 32.2. The van der Waals surface area contributed by atoms with Gasteiger partial charge in [0.1, 0.15) is 11.7 Å². The Hall–Kier alpha value is -3.76. The highest BCUT2D eigenvalue weighted by Crippen LogP contribution is 2.42. The summed E-state index contributed by atoms with van der Waals surface area (Å²) in [6, 6.07) is 32.5. The zero-order valence-electron chi connectivity index (χ0n) is 41.7. The largest absolute Gasteiger partial charge is 0.394 e. The monoisotopic (exact) mass is 858 g/mol. The maximum absolute atomic E-state index is 8.91. The van der Waals surface area contributed by atoms with E-state index in [0.717, 1.165) is 73.0 Å². The average Bonchev–Trinajstić information content (AvgIpc) is 3.63. The number of amidine groups is 2. The fraction of sp³-hybridized carbons (Fsp3) is 0.447. The van der Waals surface area contributed by atoms with Gasteiger partial charge in [0.2, 0.25) is 0 Å². The van der Waals surface area contributed by atoms with Crippen molar-refractivity contribution in [3.63, 3.8) is 0 Å². The van der Waals surface area contributed by atoms with Gasteiger partial charge in [0, 0.05) is 108 Å². The van der Waals surface area contributed by atoms with Crippen molar-refractivity contribution in [1.82, 2.24) is 19.6 Å². The van der Waals surface area contributed by atoms with E-state index in [2.05, 4.69) is 46.2 Å². The van der Waals surface area contributed by atoms with Gasteiger partial charge in [-0.1, -0.05) is 84.2 Å². The van der Waals surface area contributed by atoms with Crippen LogP contribution in [0.4, 0.5) is 11.4 Å². The Morgan fingerprint density at radius 2 is 1.08 bits per heavy atom. The van der Waals surface area contributed by atoms with Crippen LogP contribution in [0.5, 0.6) is 0 Å². The van der Waals surface area contributed by atoms with Gasteiger partial charge >= 0.3 is 0 Å². The molecule has 5 aliphatic rings. The molecule has 5 heterocycles. The first-order chi connectivity index (χ1) is 32.7. The highest BCUT2D eigenvalue weighted by Gasteiger charge is 2.27. The number of rotatable bonds is 12. The van der Waals surface area contributed by atoms with Crippen LogP contribution in [-0.2, 0) is 18.9 Å². The zero-order valence-corrected chi connectivity index (χ0v) is 35.3. The second-order valence-corrected chi connectivity index (χ2v) is 16.6. The van der Waals surface area contributed by atoms with Crippen molar-refractivity contribution in [3.05, 3.63) is 108 Å². The topological polar surface area (TPSA) is 94.8 Å². The standard InChI is InChI=1S/C26H33N3O3S.C21H25N3O2S/c1-3-9-23-21(7-1)26(27-22-8-2-4-10-24(22)33-23)29-14-12-28(13-15-29)16-18-30-19-20-32-25-11-5-6-17-31-25;25-14-16-26-15-13-23-9-11-24(12-10-23)21-17-5-1-3-7-19(17)27-20-8-4-2-6-18(20)22-21/h1-4,7-10,25H,5-6,11-20H2;1-8,25H,9-16H2/i16D2,18D2;13D2,15D2. The van der Waals surface area contributed by atoms with Gasteiger partial charge in [0.25, 0.3) is 0 Å². The van der Waals surface area contributed by atoms with E-state index in [4.69, 9.17) is 45.0 Å². The van der Waals surface area contributed by atoms with Crippen LogP contribution < -0.4 is 0 Å². The molecule has 13 heteroatoms. The maximum atomic E-state index is 8.91. The van der Waals surface area contributed by atoms with Crippen LogP contribution in [0.3, 0.4) is 0 Å². The van der Waals surface area contributed by atoms with Crippen LogP contribution in [0.15, 0.2) is 127 Å². The number of para-hydroxylation sites is 2. The first kappa shape index (κ1) is 33.8. The molecular formula is C47H58N6O5S2. The van der Waals surface area contributed by atoms with E-state index in [0.29, 0.717) is 59.0 Å². The van der Waals surface area contributed by atoms with Gasteiger partial charge in [-0.05, 0) is 55.7 Å². The number of aliphatic hydroxyl groups excluding tert-OH is 1. The van der Waals surface area contributed by atoms with E-state index in [1.54, 1.807) is 23.5 Å². The van der Waals surface area contributed by atoms with E-state index in [-0.39, 0.29) is 32.7 Å². The third kappa shape index (κ3) is 11.6. The quantitative estimate of drug-likeness (QED) is 0.146. The smallest absolute Gasteiger partial charge is 0.157 e. The number of hydrogen-bond acceptors (Lipinski definition) is 13. The first-order valence-electron chi connectivity index (χ1n) is 24.7. The van der Waals surface area contributed by atoms with Gasteiger partial charge < -0.3 is 33.9 Å². The third-order valence-electron chi connectivity index (χ3n) is 10.4. The molecule has 1 N–H and O–H groups in total. The second kappa shape index (κ2) is 22.4. The van der Waals surface area contributed by atoms with Gasteiger partial charge in [0.05, 0.1) is 56.4 Å². The van der Waals surface area contributed by atoms with E-state index >= 15 is 0 Å². The van der Waals surface area contributed by atoms with E-state index < -0.39 is 26.1 Å². The first-order valence-corrected chi connectivity index (χ1v) is 22.3. The van der Waals surface area contributed by atoms with Gasteiger partial charge in [-0.25, -0.2) is 9.98 Å². The normalized spacial score (nSPS) is 22.2. The van der Waals surface area contributed by atoms with Gasteiger partial charge in [-0.2, -0.15) is 0 Å². The number of hydrogen-bond donors (Lipinski definition) is 1. The Balaban J connectivity index is 0.000000187. The zero-order chi connectivity index (χ0) is 47.9. The highest BCUT2D eigenvalue weighted by molar-refractivity contribution is 7.99. The Bertz CT molecular complexity index is 2400. The molecule has 318 valence electrons. The summed E-state index contributed by atoms with van der Waals surface area (Å²) in [4.78, 5) is 21.7. The average molecular weight is 859 g/mol. The van der Waals surface area contributed by atoms with Gasteiger partial charge in [-0.15, -0.1) is 0 Å². The molecule has 0 amide bonds. The predicted molar refractivity (Wildman–Crippen MR) is 241 cm³/mol. The van der Waals surface area contributed by atoms with Crippen LogP contribution in [0.25, 0.3) is 0 Å². The number of ether oxygens (including phenoxy) is 4. The Kier molecular flexibility index (Phi) is 12.6. The molecular weight excluding hydrogens is 793 g/mol. The van der Waals surface area contributed by atoms with Crippen LogP contribution >= 0.6 is 23.5 Å². The van der Waals surface area contributed by atoms with Crippen molar-refractivity contribution in [2.24, 2.45) is 9.98 Å². The predicted octanol–water partition coefficient (Wildman–Crippen LogP) is 7.26. The molecule has 0 aliphatic carbocycles. The molecule has 0 saturated carbocycles. The summed E-state index contributed by atoms with van der Waals surface area (Å²) in [5.41, 5.74) is 3.93. The van der Waals surface area contributed by atoms with Crippen LogP contribution in [0.2, 0.25) is 0 Å². The SMILES string of the molecule is [2H]C([2H])(OCCO)C([2H])([2H])N1CCN(C2=Nc3ccccc3Sc3ccccc32)CC1.[2H]C([2H])(OCCOC1CCCCO1)C([2H])([2H])N1CCN(C2=Nc3ccccc3Sc3ccccc32)CC1. The summed E-state index contributed by atoms with van der Waals surface area (Å²) in [6.45, 7) is -6.06. The molecule has 9 rings (SSSR count). The second-order valence-electron chi connectivity index (χ2n) is 14.5. The lowest BCUT2D eigenvalue weighted by Gasteiger charge is -2.36. The number of aliphatic imine (C=N–C) groups is 2. The lowest BCUT2D eigenvalue weighted by atomic mass is 10.1.